The van der Waals surface area contributed by atoms with E-state index >= 15 is 0 Å². The van der Waals surface area contributed by atoms with Crippen LogP contribution >= 0.6 is 0 Å². The minimum absolute atomic E-state index is 0.158. The van der Waals surface area contributed by atoms with Crippen molar-refractivity contribution >= 4 is 29.8 Å². The van der Waals surface area contributed by atoms with Gasteiger partial charge in [-0.3, -0.25) is 24.0 Å². The zero-order valence-corrected chi connectivity index (χ0v) is 17.1. The Balaban J connectivity index is 3.31. The van der Waals surface area contributed by atoms with Crippen molar-refractivity contribution < 1.29 is 47.7 Å². The summed E-state index contributed by atoms with van der Waals surface area (Å²) in [6.07, 6.45) is -4.27. The fraction of sp³-hybridized carbons (Fsp3) is 0.722. The minimum atomic E-state index is -1.37. The second-order valence-corrected chi connectivity index (χ2v) is 6.45. The van der Waals surface area contributed by atoms with Crippen molar-refractivity contribution in [3.63, 3.8) is 0 Å². The summed E-state index contributed by atoms with van der Waals surface area (Å²) in [6.45, 7) is 6.00. The largest absolute Gasteiger partial charge is 0.463 e. The zero-order valence-electron chi connectivity index (χ0n) is 17.1. The molecule has 0 saturated carbocycles. The maximum atomic E-state index is 12.2. The number of hydrogen-bond donors (Lipinski definition) is 1. The van der Waals surface area contributed by atoms with Crippen molar-refractivity contribution in [2.75, 3.05) is 6.61 Å². The highest BCUT2D eigenvalue weighted by molar-refractivity contribution is 5.76. The fourth-order valence-corrected chi connectivity index (χ4v) is 2.81. The third-order valence-electron chi connectivity index (χ3n) is 3.79. The summed E-state index contributed by atoms with van der Waals surface area (Å²) in [6, 6.07) is -1.15. The van der Waals surface area contributed by atoms with Gasteiger partial charge in [-0.25, -0.2) is 0 Å². The van der Waals surface area contributed by atoms with E-state index in [0.717, 1.165) is 20.8 Å². The molecule has 1 N–H and O–H groups in total. The molecular formula is C18H27NO10. The van der Waals surface area contributed by atoms with Gasteiger partial charge in [0.1, 0.15) is 18.8 Å². The molecule has 0 aromatic heterocycles. The predicted molar refractivity (Wildman–Crippen MR) is 95.0 cm³/mol. The van der Waals surface area contributed by atoms with E-state index in [1.165, 1.54) is 6.92 Å². The number of amides is 1. The third-order valence-corrected chi connectivity index (χ3v) is 3.79. The quantitative estimate of drug-likeness (QED) is 0.423. The smallest absolute Gasteiger partial charge is 0.305 e. The van der Waals surface area contributed by atoms with Gasteiger partial charge in [0.2, 0.25) is 12.2 Å². The molecular weight excluding hydrogens is 390 g/mol. The van der Waals surface area contributed by atoms with Gasteiger partial charge in [0.15, 0.2) is 12.2 Å². The van der Waals surface area contributed by atoms with E-state index in [9.17, 15) is 24.0 Å². The fourth-order valence-electron chi connectivity index (χ4n) is 2.81. The van der Waals surface area contributed by atoms with E-state index in [1.807, 2.05) is 0 Å². The van der Waals surface area contributed by atoms with Crippen molar-refractivity contribution in [3.05, 3.63) is 0 Å². The van der Waals surface area contributed by atoms with Crippen molar-refractivity contribution in [2.24, 2.45) is 0 Å². The summed E-state index contributed by atoms with van der Waals surface area (Å²) in [7, 11) is 0. The average molecular weight is 417 g/mol. The topological polar surface area (TPSA) is 144 Å². The van der Waals surface area contributed by atoms with Crippen molar-refractivity contribution in [3.8, 4) is 0 Å². The predicted octanol–water partition coefficient (Wildman–Crippen LogP) is -0.0142. The summed E-state index contributed by atoms with van der Waals surface area (Å²) in [5.41, 5.74) is 0. The van der Waals surface area contributed by atoms with E-state index in [4.69, 9.17) is 23.7 Å². The Bertz CT molecular complexity index is 634. The number of nitrogens with one attached hydrogen (secondary N) is 1. The van der Waals surface area contributed by atoms with E-state index in [1.54, 1.807) is 6.92 Å². The number of rotatable bonds is 8. The molecule has 1 heterocycles. The van der Waals surface area contributed by atoms with Crippen LogP contribution in [-0.2, 0) is 47.7 Å². The number of ether oxygens (including phenoxy) is 5. The van der Waals surface area contributed by atoms with Crippen molar-refractivity contribution in [1.82, 2.24) is 5.32 Å². The van der Waals surface area contributed by atoms with Gasteiger partial charge in [0.25, 0.3) is 0 Å². The van der Waals surface area contributed by atoms with Gasteiger partial charge in [-0.1, -0.05) is 6.92 Å². The van der Waals surface area contributed by atoms with Gasteiger partial charge in [-0.15, -0.1) is 0 Å². The van der Waals surface area contributed by atoms with Crippen LogP contribution in [0.25, 0.3) is 0 Å². The molecule has 5 unspecified atom stereocenters. The molecule has 11 heteroatoms. The monoisotopic (exact) mass is 417 g/mol. The molecule has 1 amide bonds. The maximum Gasteiger partial charge on any atom is 0.305 e. The molecule has 0 aromatic rings. The summed E-state index contributed by atoms with van der Waals surface area (Å²) in [5.74, 6) is -3.19. The maximum absolute atomic E-state index is 12.2. The first kappa shape index (κ1) is 24.3. The molecule has 5 atom stereocenters. The number of carbonyl (C=O) groups excluding carboxylic acids is 5. The van der Waals surface area contributed by atoms with Gasteiger partial charge < -0.3 is 29.0 Å². The van der Waals surface area contributed by atoms with Gasteiger partial charge in [0, 0.05) is 34.1 Å². The number of esters is 4. The molecule has 1 aliphatic heterocycles. The van der Waals surface area contributed by atoms with Crippen LogP contribution in [0.4, 0.5) is 0 Å². The van der Waals surface area contributed by atoms with Crippen LogP contribution < -0.4 is 5.32 Å². The van der Waals surface area contributed by atoms with Crippen LogP contribution in [-0.4, -0.2) is 67.0 Å². The summed E-state index contributed by atoms with van der Waals surface area (Å²) in [5, 5.41) is 2.60. The lowest BCUT2D eigenvalue weighted by Gasteiger charge is -2.44. The van der Waals surface area contributed by atoms with Crippen LogP contribution in [0.5, 0.6) is 0 Å². The first-order valence-electron chi connectivity index (χ1n) is 9.15. The standard InChI is InChI=1S/C18H27NO10/c1-6-7-14(24)19-15-17(27-11(4)22)16(26-10(3)21)13(8-25-9(2)20)29-18(15)28-12(5)23/h13,15-18H,6-8H2,1-5H3,(H,19,24). The lowest BCUT2D eigenvalue weighted by atomic mass is 9.96. The lowest BCUT2D eigenvalue weighted by Crippen LogP contribution is -2.67. The molecule has 0 aliphatic carbocycles. The molecule has 1 saturated heterocycles. The first-order valence-corrected chi connectivity index (χ1v) is 9.15. The number of hydrogen-bond acceptors (Lipinski definition) is 10. The lowest BCUT2D eigenvalue weighted by molar-refractivity contribution is -0.271. The molecule has 0 spiro atoms. The highest BCUT2D eigenvalue weighted by Gasteiger charge is 2.52. The van der Waals surface area contributed by atoms with Gasteiger partial charge in [-0.2, -0.15) is 0 Å². The molecule has 164 valence electrons. The molecule has 0 bridgehead atoms. The van der Waals surface area contributed by atoms with Crippen LogP contribution in [0.2, 0.25) is 0 Å². The summed E-state index contributed by atoms with van der Waals surface area (Å²) in [4.78, 5) is 58.2. The Morgan fingerprint density at radius 3 is 1.86 bits per heavy atom. The summed E-state index contributed by atoms with van der Waals surface area (Å²) < 4.78 is 26.3. The molecule has 1 rings (SSSR count). The Hall–Kier alpha value is -2.69. The highest BCUT2D eigenvalue weighted by atomic mass is 16.7. The summed E-state index contributed by atoms with van der Waals surface area (Å²) >= 11 is 0. The molecule has 0 aromatic carbocycles. The molecule has 29 heavy (non-hydrogen) atoms. The second kappa shape index (κ2) is 11.3. The average Bonchev–Trinajstić information content (AvgIpc) is 2.57. The van der Waals surface area contributed by atoms with Crippen LogP contribution in [0.15, 0.2) is 0 Å². The molecule has 11 nitrogen and oxygen atoms in total. The van der Waals surface area contributed by atoms with Gasteiger partial charge in [0.05, 0.1) is 0 Å². The highest BCUT2D eigenvalue weighted by Crippen LogP contribution is 2.28. The molecule has 1 aliphatic rings. The van der Waals surface area contributed by atoms with E-state index < -0.39 is 60.4 Å². The third kappa shape index (κ3) is 8.06. The Kier molecular flexibility index (Phi) is 9.53. The zero-order chi connectivity index (χ0) is 22.1. The van der Waals surface area contributed by atoms with Gasteiger partial charge in [-0.05, 0) is 6.42 Å². The first-order chi connectivity index (χ1) is 13.5. The van der Waals surface area contributed by atoms with Crippen molar-refractivity contribution in [2.45, 2.75) is 78.1 Å². The Morgan fingerprint density at radius 1 is 0.828 bits per heavy atom. The second-order valence-electron chi connectivity index (χ2n) is 6.45. The van der Waals surface area contributed by atoms with Gasteiger partial charge >= 0.3 is 23.9 Å². The Labute approximate surface area is 168 Å². The van der Waals surface area contributed by atoms with Crippen LogP contribution in [0.3, 0.4) is 0 Å². The SMILES string of the molecule is CCCC(=O)NC1C(OC(C)=O)OC(COC(C)=O)C(OC(C)=O)C1OC(C)=O. The normalized spacial score (nSPS) is 26.0. The van der Waals surface area contributed by atoms with E-state index in [0.29, 0.717) is 6.42 Å². The molecule has 0 radical (unpaired) electrons. The van der Waals surface area contributed by atoms with E-state index in [2.05, 4.69) is 5.32 Å². The minimum Gasteiger partial charge on any atom is -0.463 e. The Morgan fingerprint density at radius 2 is 1.38 bits per heavy atom. The molecule has 1 fully saturated rings. The van der Waals surface area contributed by atoms with Crippen molar-refractivity contribution in [1.29, 1.82) is 0 Å². The van der Waals surface area contributed by atoms with Crippen LogP contribution in [0.1, 0.15) is 47.5 Å². The van der Waals surface area contributed by atoms with Crippen LogP contribution in [0, 0.1) is 0 Å². The number of carbonyl (C=O) groups is 5. The van der Waals surface area contributed by atoms with E-state index in [-0.39, 0.29) is 13.0 Å².